The van der Waals surface area contributed by atoms with E-state index in [1.165, 1.54) is 4.68 Å². The number of hydrogen-bond donors (Lipinski definition) is 2. The number of hydrazine groups is 1. The smallest absolute Gasteiger partial charge is 0.283 e. The fraction of sp³-hybridized carbons (Fsp3) is 0. The normalized spacial score (nSPS) is 10.1. The molecule has 0 spiro atoms. The van der Waals surface area contributed by atoms with Crippen molar-refractivity contribution < 1.29 is 4.79 Å². The van der Waals surface area contributed by atoms with E-state index in [2.05, 4.69) is 26.5 Å². The molecule has 1 aromatic carbocycles. The maximum Gasteiger partial charge on any atom is 0.283 e. The van der Waals surface area contributed by atoms with Crippen molar-refractivity contribution in [3.63, 3.8) is 0 Å². The number of nitrogens with one attached hydrogen (secondary N) is 1. The molecule has 82 valence electrons. The summed E-state index contributed by atoms with van der Waals surface area (Å²) in [6, 6.07) is 9.06. The predicted octanol–water partition coefficient (Wildman–Crippen LogP) is 1.24. The number of nitrogens with zero attached hydrogens (tertiary/aromatic N) is 2. The minimum atomic E-state index is -0.375. The van der Waals surface area contributed by atoms with E-state index in [9.17, 15) is 4.79 Å². The highest BCUT2D eigenvalue weighted by molar-refractivity contribution is 9.10. The second-order valence-electron chi connectivity index (χ2n) is 3.08. The van der Waals surface area contributed by atoms with Gasteiger partial charge in [-0.3, -0.25) is 10.2 Å². The van der Waals surface area contributed by atoms with Crippen LogP contribution >= 0.6 is 15.9 Å². The maximum atomic E-state index is 11.4. The van der Waals surface area contributed by atoms with Gasteiger partial charge in [0.2, 0.25) is 0 Å². The van der Waals surface area contributed by atoms with Crippen molar-refractivity contribution in [2.24, 2.45) is 5.84 Å². The molecule has 0 aliphatic carbocycles. The molecular weight excluding hydrogens is 272 g/mol. The topological polar surface area (TPSA) is 72.9 Å². The molecule has 0 aliphatic heterocycles. The Morgan fingerprint density at radius 3 is 2.62 bits per heavy atom. The Morgan fingerprint density at radius 2 is 2.00 bits per heavy atom. The second-order valence-corrected chi connectivity index (χ2v) is 3.99. The van der Waals surface area contributed by atoms with Crippen LogP contribution in [-0.4, -0.2) is 15.7 Å². The van der Waals surface area contributed by atoms with Crippen LogP contribution in [0.25, 0.3) is 5.69 Å². The van der Waals surface area contributed by atoms with Gasteiger partial charge in [0.1, 0.15) is 5.69 Å². The van der Waals surface area contributed by atoms with Gasteiger partial charge in [0.15, 0.2) is 0 Å². The van der Waals surface area contributed by atoms with Crippen molar-refractivity contribution in [3.05, 3.63) is 46.7 Å². The van der Waals surface area contributed by atoms with E-state index in [1.807, 2.05) is 24.3 Å². The molecule has 1 aromatic heterocycles. The molecule has 0 unspecified atom stereocenters. The Morgan fingerprint density at radius 1 is 1.31 bits per heavy atom. The lowest BCUT2D eigenvalue weighted by Gasteiger charge is -2.05. The van der Waals surface area contributed by atoms with Gasteiger partial charge < -0.3 is 0 Å². The summed E-state index contributed by atoms with van der Waals surface area (Å²) in [6.45, 7) is 0. The average Bonchev–Trinajstić information content (AvgIpc) is 2.78. The van der Waals surface area contributed by atoms with Crippen LogP contribution in [0, 0.1) is 0 Å². The van der Waals surface area contributed by atoms with Gasteiger partial charge in [-0.2, -0.15) is 5.10 Å². The minimum Gasteiger partial charge on any atom is -0.289 e. The van der Waals surface area contributed by atoms with E-state index in [-0.39, 0.29) is 5.91 Å². The molecule has 0 aliphatic rings. The first-order valence-corrected chi connectivity index (χ1v) is 5.32. The summed E-state index contributed by atoms with van der Waals surface area (Å²) < 4.78 is 2.49. The third kappa shape index (κ3) is 1.98. The molecule has 6 heteroatoms. The van der Waals surface area contributed by atoms with Gasteiger partial charge in [-0.1, -0.05) is 15.9 Å². The Hall–Kier alpha value is -1.66. The van der Waals surface area contributed by atoms with Gasteiger partial charge >= 0.3 is 0 Å². The number of halogens is 1. The summed E-state index contributed by atoms with van der Waals surface area (Å²) in [6.07, 6.45) is 1.55. The van der Waals surface area contributed by atoms with E-state index in [0.29, 0.717) is 5.69 Å². The van der Waals surface area contributed by atoms with Gasteiger partial charge in [-0.25, -0.2) is 10.5 Å². The van der Waals surface area contributed by atoms with E-state index in [1.54, 1.807) is 12.3 Å². The standard InChI is InChI=1S/C10H9BrN4O/c11-7-1-3-8(4-2-7)15-9(5-6-13-15)10(16)14-12/h1-6H,12H2,(H,14,16). The lowest BCUT2D eigenvalue weighted by molar-refractivity contribution is 0.0946. The number of benzene rings is 1. The van der Waals surface area contributed by atoms with Crippen LogP contribution in [0.1, 0.15) is 10.5 Å². The van der Waals surface area contributed by atoms with Crippen LogP contribution in [0.3, 0.4) is 0 Å². The number of hydrogen-bond acceptors (Lipinski definition) is 3. The van der Waals surface area contributed by atoms with Crippen LogP contribution < -0.4 is 11.3 Å². The number of nitrogen functional groups attached to an aromatic ring is 1. The highest BCUT2D eigenvalue weighted by Gasteiger charge is 2.11. The van der Waals surface area contributed by atoms with Crippen molar-refractivity contribution in [2.75, 3.05) is 0 Å². The predicted molar refractivity (Wildman–Crippen MR) is 62.9 cm³/mol. The Kier molecular flexibility index (Phi) is 3.02. The first-order chi connectivity index (χ1) is 7.72. The fourth-order valence-electron chi connectivity index (χ4n) is 1.34. The largest absolute Gasteiger partial charge is 0.289 e. The molecule has 1 amide bonds. The van der Waals surface area contributed by atoms with Gasteiger partial charge in [0, 0.05) is 4.47 Å². The minimum absolute atomic E-state index is 0.375. The van der Waals surface area contributed by atoms with Crippen molar-refractivity contribution in [1.29, 1.82) is 0 Å². The molecule has 16 heavy (non-hydrogen) atoms. The fourth-order valence-corrected chi connectivity index (χ4v) is 1.60. The van der Waals surface area contributed by atoms with Gasteiger partial charge in [-0.05, 0) is 30.3 Å². The van der Waals surface area contributed by atoms with Crippen molar-refractivity contribution >= 4 is 21.8 Å². The zero-order chi connectivity index (χ0) is 11.5. The van der Waals surface area contributed by atoms with E-state index < -0.39 is 0 Å². The van der Waals surface area contributed by atoms with Crippen LogP contribution in [0.4, 0.5) is 0 Å². The lowest BCUT2D eigenvalue weighted by Crippen LogP contribution is -2.31. The van der Waals surface area contributed by atoms with Crippen LogP contribution in [0.2, 0.25) is 0 Å². The molecule has 0 bridgehead atoms. The van der Waals surface area contributed by atoms with Crippen LogP contribution in [-0.2, 0) is 0 Å². The summed E-state index contributed by atoms with van der Waals surface area (Å²) in [5.41, 5.74) is 3.27. The van der Waals surface area contributed by atoms with Crippen molar-refractivity contribution in [3.8, 4) is 5.69 Å². The molecule has 0 fully saturated rings. The molecule has 1 heterocycles. The van der Waals surface area contributed by atoms with Gasteiger partial charge in [-0.15, -0.1) is 0 Å². The molecule has 0 saturated heterocycles. The van der Waals surface area contributed by atoms with E-state index in [4.69, 9.17) is 5.84 Å². The Labute approximate surface area is 100 Å². The third-order valence-electron chi connectivity index (χ3n) is 2.08. The van der Waals surface area contributed by atoms with E-state index in [0.717, 1.165) is 10.2 Å². The average molecular weight is 281 g/mol. The quantitative estimate of drug-likeness (QED) is 0.494. The molecule has 3 N–H and O–H groups in total. The third-order valence-corrected chi connectivity index (χ3v) is 2.61. The highest BCUT2D eigenvalue weighted by Crippen LogP contribution is 2.15. The first kappa shape index (κ1) is 10.8. The zero-order valence-corrected chi connectivity index (χ0v) is 9.81. The summed E-state index contributed by atoms with van der Waals surface area (Å²) >= 11 is 3.34. The first-order valence-electron chi connectivity index (χ1n) is 4.53. The number of carbonyl (C=O) groups is 1. The SMILES string of the molecule is NNC(=O)c1ccnn1-c1ccc(Br)cc1. The number of nitrogens with two attached hydrogens (primary N) is 1. The number of aromatic nitrogens is 2. The molecule has 5 nitrogen and oxygen atoms in total. The molecule has 0 radical (unpaired) electrons. The number of amides is 1. The lowest BCUT2D eigenvalue weighted by atomic mass is 10.3. The van der Waals surface area contributed by atoms with Crippen molar-refractivity contribution in [1.82, 2.24) is 15.2 Å². The highest BCUT2D eigenvalue weighted by atomic mass is 79.9. The van der Waals surface area contributed by atoms with Gasteiger partial charge in [0.25, 0.3) is 5.91 Å². The zero-order valence-electron chi connectivity index (χ0n) is 8.22. The van der Waals surface area contributed by atoms with E-state index >= 15 is 0 Å². The summed E-state index contributed by atoms with van der Waals surface area (Å²) in [5.74, 6) is 4.71. The Balaban J connectivity index is 2.44. The maximum absolute atomic E-state index is 11.4. The second kappa shape index (κ2) is 4.46. The summed E-state index contributed by atoms with van der Waals surface area (Å²) in [7, 11) is 0. The summed E-state index contributed by atoms with van der Waals surface area (Å²) in [5, 5.41) is 4.07. The molecule has 0 saturated carbocycles. The molecule has 2 aromatic rings. The Bertz CT molecular complexity index is 506. The molecular formula is C10H9BrN4O. The molecule has 0 atom stereocenters. The number of rotatable bonds is 2. The molecule has 2 rings (SSSR count). The monoisotopic (exact) mass is 280 g/mol. The van der Waals surface area contributed by atoms with Crippen molar-refractivity contribution in [2.45, 2.75) is 0 Å². The number of carbonyl (C=O) groups excluding carboxylic acids is 1. The van der Waals surface area contributed by atoms with Crippen LogP contribution in [0.5, 0.6) is 0 Å². The summed E-state index contributed by atoms with van der Waals surface area (Å²) in [4.78, 5) is 11.4. The van der Waals surface area contributed by atoms with Gasteiger partial charge in [0.05, 0.1) is 11.9 Å². The van der Waals surface area contributed by atoms with Crippen LogP contribution in [0.15, 0.2) is 41.0 Å².